The molecule has 1 aromatic heterocycles. The van der Waals surface area contributed by atoms with Crippen molar-refractivity contribution in [3.8, 4) is 0 Å². The fourth-order valence-electron chi connectivity index (χ4n) is 3.46. The molecule has 0 aliphatic heterocycles. The fraction of sp³-hybridized carbons (Fsp3) is 0.273. The number of benzene rings is 2. The molecular formula is C22H22ClFN2O4. The lowest BCUT2D eigenvalue weighted by Crippen LogP contribution is -2.23. The van der Waals surface area contributed by atoms with Gasteiger partial charge in [-0.15, -0.1) is 0 Å². The number of carboxylic acids is 1. The number of aromatic nitrogens is 1. The predicted octanol–water partition coefficient (Wildman–Crippen LogP) is 3.70. The Balaban J connectivity index is 2.35. The second-order valence-electron chi connectivity index (χ2n) is 7.41. The summed E-state index contributed by atoms with van der Waals surface area (Å²) in [5.41, 5.74) is 1.14. The first-order chi connectivity index (χ1) is 14.1. The number of aromatic carboxylic acids is 1. The highest BCUT2D eigenvalue weighted by atomic mass is 35.5. The van der Waals surface area contributed by atoms with Crippen molar-refractivity contribution in [1.82, 2.24) is 4.57 Å². The maximum Gasteiger partial charge on any atom is 0.341 e. The standard InChI is InChI=1S/C22H22ClFN2O4/c1-12(11-27)26-10-16(22(29)30)21(28)15-8-13(9-18(20(15)26)25(2)3)7-14-5-4-6-17(23)19(14)24/h4-6,8-10,12,27H,7,11H2,1-3H3,(H,29,30). The van der Waals surface area contributed by atoms with Gasteiger partial charge in [0.15, 0.2) is 0 Å². The highest BCUT2D eigenvalue weighted by Gasteiger charge is 2.21. The minimum atomic E-state index is -1.35. The number of pyridine rings is 1. The van der Waals surface area contributed by atoms with Crippen LogP contribution in [0.2, 0.25) is 5.02 Å². The molecule has 3 rings (SSSR count). The van der Waals surface area contributed by atoms with E-state index in [-0.39, 0.29) is 23.4 Å². The van der Waals surface area contributed by atoms with E-state index in [1.807, 2.05) is 6.07 Å². The van der Waals surface area contributed by atoms with Gasteiger partial charge < -0.3 is 19.7 Å². The van der Waals surface area contributed by atoms with Crippen LogP contribution >= 0.6 is 11.6 Å². The molecule has 0 aliphatic carbocycles. The van der Waals surface area contributed by atoms with Gasteiger partial charge in [-0.1, -0.05) is 23.7 Å². The van der Waals surface area contributed by atoms with Gasteiger partial charge in [-0.25, -0.2) is 9.18 Å². The number of carboxylic acid groups (broad SMARTS) is 1. The normalized spacial score (nSPS) is 12.2. The number of fused-ring (bicyclic) bond motifs is 1. The second kappa shape index (κ2) is 8.45. The molecule has 0 radical (unpaired) electrons. The lowest BCUT2D eigenvalue weighted by atomic mass is 9.99. The molecule has 0 amide bonds. The summed E-state index contributed by atoms with van der Waals surface area (Å²) < 4.78 is 16.0. The number of nitrogens with zero attached hydrogens (tertiary/aromatic N) is 2. The zero-order valence-corrected chi connectivity index (χ0v) is 17.6. The van der Waals surface area contributed by atoms with Crippen LogP contribution in [0.5, 0.6) is 0 Å². The molecule has 1 unspecified atom stereocenters. The van der Waals surface area contributed by atoms with E-state index in [4.69, 9.17) is 11.6 Å². The molecule has 0 saturated carbocycles. The van der Waals surface area contributed by atoms with Gasteiger partial charge in [-0.2, -0.15) is 0 Å². The van der Waals surface area contributed by atoms with Crippen LogP contribution in [0.1, 0.15) is 34.5 Å². The van der Waals surface area contributed by atoms with E-state index in [9.17, 15) is 24.2 Å². The lowest BCUT2D eigenvalue weighted by Gasteiger charge is -2.24. The molecule has 30 heavy (non-hydrogen) atoms. The van der Waals surface area contributed by atoms with Crippen LogP contribution in [0.15, 0.2) is 41.3 Å². The van der Waals surface area contributed by atoms with E-state index < -0.39 is 28.8 Å². The third-order valence-electron chi connectivity index (χ3n) is 5.04. The van der Waals surface area contributed by atoms with Gasteiger partial charge in [0.1, 0.15) is 11.4 Å². The summed E-state index contributed by atoms with van der Waals surface area (Å²) in [4.78, 5) is 26.4. The van der Waals surface area contributed by atoms with E-state index >= 15 is 0 Å². The summed E-state index contributed by atoms with van der Waals surface area (Å²) in [5, 5.41) is 19.4. The van der Waals surface area contributed by atoms with Crippen molar-refractivity contribution in [3.63, 3.8) is 0 Å². The monoisotopic (exact) mass is 432 g/mol. The number of hydrogen-bond acceptors (Lipinski definition) is 4. The number of rotatable bonds is 6. The second-order valence-corrected chi connectivity index (χ2v) is 7.82. The molecular weight excluding hydrogens is 411 g/mol. The van der Waals surface area contributed by atoms with Gasteiger partial charge in [-0.05, 0) is 36.2 Å². The summed E-state index contributed by atoms with van der Waals surface area (Å²) >= 11 is 5.88. The first-order valence-corrected chi connectivity index (χ1v) is 9.69. The smallest absolute Gasteiger partial charge is 0.341 e. The molecule has 2 N–H and O–H groups in total. The Hall–Kier alpha value is -2.90. The topological polar surface area (TPSA) is 82.8 Å². The van der Waals surface area contributed by atoms with Crippen LogP contribution in [0.3, 0.4) is 0 Å². The zero-order valence-electron chi connectivity index (χ0n) is 16.8. The number of aliphatic hydroxyl groups is 1. The Morgan fingerprint density at radius 3 is 2.60 bits per heavy atom. The summed E-state index contributed by atoms with van der Waals surface area (Å²) in [6.07, 6.45) is 1.44. The van der Waals surface area contributed by atoms with Crippen LogP contribution < -0.4 is 10.3 Å². The lowest BCUT2D eigenvalue weighted by molar-refractivity contribution is 0.0694. The van der Waals surface area contributed by atoms with E-state index in [0.29, 0.717) is 22.3 Å². The van der Waals surface area contributed by atoms with Gasteiger partial charge in [0.05, 0.1) is 28.9 Å². The quantitative estimate of drug-likeness (QED) is 0.620. The van der Waals surface area contributed by atoms with Crippen LogP contribution in [0.25, 0.3) is 10.9 Å². The Morgan fingerprint density at radius 1 is 1.30 bits per heavy atom. The van der Waals surface area contributed by atoms with Gasteiger partial charge in [0, 0.05) is 32.1 Å². The molecule has 0 fully saturated rings. The van der Waals surface area contributed by atoms with Gasteiger partial charge in [0.25, 0.3) is 0 Å². The number of halogens is 2. The van der Waals surface area contributed by atoms with Crippen molar-refractivity contribution in [3.05, 3.63) is 74.3 Å². The summed E-state index contributed by atoms with van der Waals surface area (Å²) in [5.74, 6) is -1.88. The number of hydrogen-bond donors (Lipinski definition) is 2. The van der Waals surface area contributed by atoms with Crippen LogP contribution in [-0.4, -0.2) is 41.5 Å². The maximum absolute atomic E-state index is 14.4. The van der Waals surface area contributed by atoms with Gasteiger partial charge in [0.2, 0.25) is 5.43 Å². The number of aliphatic hydroxyl groups excluding tert-OH is 1. The molecule has 0 bridgehead atoms. The van der Waals surface area contributed by atoms with E-state index in [1.54, 1.807) is 48.7 Å². The predicted molar refractivity (Wildman–Crippen MR) is 116 cm³/mol. The molecule has 0 aliphatic rings. The average molecular weight is 433 g/mol. The fourth-order valence-corrected chi connectivity index (χ4v) is 3.66. The van der Waals surface area contributed by atoms with Crippen molar-refractivity contribution in [2.45, 2.75) is 19.4 Å². The largest absolute Gasteiger partial charge is 0.477 e. The highest BCUT2D eigenvalue weighted by Crippen LogP contribution is 2.30. The Labute approximate surface area is 177 Å². The number of anilines is 1. The minimum absolute atomic E-state index is 0.00779. The average Bonchev–Trinajstić information content (AvgIpc) is 2.70. The third kappa shape index (κ3) is 3.91. The molecule has 8 heteroatoms. The molecule has 0 saturated heterocycles. The zero-order chi connectivity index (χ0) is 22.2. The van der Waals surface area contributed by atoms with E-state index in [1.165, 1.54) is 12.3 Å². The summed E-state index contributed by atoms with van der Waals surface area (Å²) in [6, 6.07) is 7.66. The third-order valence-corrected chi connectivity index (χ3v) is 5.33. The molecule has 2 aromatic carbocycles. The van der Waals surface area contributed by atoms with Gasteiger partial charge in [-0.3, -0.25) is 4.79 Å². The van der Waals surface area contributed by atoms with E-state index in [0.717, 1.165) is 0 Å². The first kappa shape index (κ1) is 21.8. The molecule has 1 atom stereocenters. The first-order valence-electron chi connectivity index (χ1n) is 9.31. The SMILES string of the molecule is CC(CO)n1cc(C(=O)O)c(=O)c2cc(Cc3cccc(Cl)c3F)cc(N(C)C)c21. The van der Waals surface area contributed by atoms with Crippen molar-refractivity contribution in [2.75, 3.05) is 25.6 Å². The van der Waals surface area contributed by atoms with Crippen LogP contribution in [0, 0.1) is 5.82 Å². The van der Waals surface area contributed by atoms with Crippen molar-refractivity contribution in [2.24, 2.45) is 0 Å². The molecule has 3 aromatic rings. The van der Waals surface area contributed by atoms with Crippen LogP contribution in [0.4, 0.5) is 10.1 Å². The summed E-state index contributed by atoms with van der Waals surface area (Å²) in [7, 11) is 3.59. The van der Waals surface area contributed by atoms with E-state index in [2.05, 4.69) is 0 Å². The Morgan fingerprint density at radius 2 is 2.00 bits per heavy atom. The maximum atomic E-state index is 14.4. The molecule has 158 valence electrons. The highest BCUT2D eigenvalue weighted by molar-refractivity contribution is 6.30. The van der Waals surface area contributed by atoms with Crippen molar-refractivity contribution >= 4 is 34.2 Å². The van der Waals surface area contributed by atoms with Gasteiger partial charge >= 0.3 is 5.97 Å². The number of carbonyl (C=O) groups is 1. The Kier molecular flexibility index (Phi) is 6.14. The molecule has 1 heterocycles. The molecule has 0 spiro atoms. The molecule has 6 nitrogen and oxygen atoms in total. The minimum Gasteiger partial charge on any atom is -0.477 e. The van der Waals surface area contributed by atoms with Crippen molar-refractivity contribution in [1.29, 1.82) is 0 Å². The van der Waals surface area contributed by atoms with Crippen LogP contribution in [-0.2, 0) is 6.42 Å². The van der Waals surface area contributed by atoms with Crippen molar-refractivity contribution < 1.29 is 19.4 Å². The Bertz CT molecular complexity index is 1190. The summed E-state index contributed by atoms with van der Waals surface area (Å²) in [6.45, 7) is 1.49.